The van der Waals surface area contributed by atoms with Gasteiger partial charge in [-0.2, -0.15) is 0 Å². The van der Waals surface area contributed by atoms with Gasteiger partial charge in [-0.05, 0) is 12.1 Å². The number of aromatic nitrogens is 2. The molecule has 2 aromatic rings. The zero-order valence-electron chi connectivity index (χ0n) is 10.1. The highest BCUT2D eigenvalue weighted by molar-refractivity contribution is 5.62. The van der Waals surface area contributed by atoms with Gasteiger partial charge >= 0.3 is 0 Å². The number of hydrogen-bond acceptors (Lipinski definition) is 7. The van der Waals surface area contributed by atoms with E-state index in [9.17, 15) is 0 Å². The second-order valence-corrected chi connectivity index (χ2v) is 3.92. The van der Waals surface area contributed by atoms with Crippen LogP contribution in [0.3, 0.4) is 0 Å². The number of ether oxygens (including phenoxy) is 2. The molecule has 0 spiro atoms. The molecule has 0 aliphatic carbocycles. The van der Waals surface area contributed by atoms with Crippen LogP contribution in [0.25, 0.3) is 0 Å². The molecular weight excluding hydrogens is 246 g/mol. The summed E-state index contributed by atoms with van der Waals surface area (Å²) in [5.41, 5.74) is 3.32. The van der Waals surface area contributed by atoms with E-state index >= 15 is 0 Å². The summed E-state index contributed by atoms with van der Waals surface area (Å²) in [5.74, 6) is 7.95. The Labute approximate surface area is 109 Å². The van der Waals surface area contributed by atoms with E-state index in [0.29, 0.717) is 24.8 Å². The van der Waals surface area contributed by atoms with Gasteiger partial charge in [-0.15, -0.1) is 0 Å². The van der Waals surface area contributed by atoms with Crippen molar-refractivity contribution in [2.45, 2.75) is 0 Å². The molecule has 4 N–H and O–H groups in total. The molecule has 1 aromatic carbocycles. The number of nitrogens with zero attached hydrogens (tertiary/aromatic N) is 2. The standard InChI is InChI=1S/C12H13N5O2/c13-17-12-6-11(14-7-15-12)16-8-1-2-9-10(5-8)19-4-3-18-9/h1-2,5-7H,3-4,13H2,(H2,14,15,16,17). The number of nitrogens with two attached hydrogens (primary N) is 1. The van der Waals surface area contributed by atoms with Gasteiger partial charge in [-0.25, -0.2) is 15.8 Å². The number of benzene rings is 1. The lowest BCUT2D eigenvalue weighted by atomic mass is 10.2. The maximum atomic E-state index is 5.52. The molecule has 0 saturated heterocycles. The number of hydrogen-bond donors (Lipinski definition) is 3. The number of nitrogens with one attached hydrogen (secondary N) is 2. The van der Waals surface area contributed by atoms with E-state index in [4.69, 9.17) is 15.3 Å². The highest BCUT2D eigenvalue weighted by Gasteiger charge is 2.11. The van der Waals surface area contributed by atoms with Crippen LogP contribution in [-0.2, 0) is 0 Å². The maximum Gasteiger partial charge on any atom is 0.163 e. The smallest absolute Gasteiger partial charge is 0.163 e. The lowest BCUT2D eigenvalue weighted by Gasteiger charge is -2.19. The van der Waals surface area contributed by atoms with Crippen molar-refractivity contribution in [2.75, 3.05) is 24.0 Å². The molecule has 0 bridgehead atoms. The second-order valence-electron chi connectivity index (χ2n) is 3.92. The van der Waals surface area contributed by atoms with Crippen LogP contribution in [0.4, 0.5) is 17.3 Å². The van der Waals surface area contributed by atoms with E-state index in [1.54, 1.807) is 6.07 Å². The monoisotopic (exact) mass is 259 g/mol. The average Bonchev–Trinajstić information content (AvgIpc) is 2.47. The molecule has 0 amide bonds. The van der Waals surface area contributed by atoms with E-state index in [1.165, 1.54) is 6.33 Å². The fraction of sp³-hybridized carbons (Fsp3) is 0.167. The van der Waals surface area contributed by atoms with Crippen molar-refractivity contribution in [3.05, 3.63) is 30.6 Å². The van der Waals surface area contributed by atoms with Crippen molar-refractivity contribution >= 4 is 17.3 Å². The second kappa shape index (κ2) is 4.99. The molecule has 98 valence electrons. The van der Waals surface area contributed by atoms with Crippen LogP contribution >= 0.6 is 0 Å². The minimum Gasteiger partial charge on any atom is -0.486 e. The van der Waals surface area contributed by atoms with Crippen LogP contribution in [0.2, 0.25) is 0 Å². The predicted molar refractivity (Wildman–Crippen MR) is 70.6 cm³/mol. The Hall–Kier alpha value is -2.54. The van der Waals surface area contributed by atoms with E-state index in [-0.39, 0.29) is 0 Å². The van der Waals surface area contributed by atoms with E-state index in [2.05, 4.69) is 20.7 Å². The molecule has 7 heteroatoms. The summed E-state index contributed by atoms with van der Waals surface area (Å²) >= 11 is 0. The predicted octanol–water partition coefficient (Wildman–Crippen LogP) is 1.28. The molecule has 19 heavy (non-hydrogen) atoms. The Morgan fingerprint density at radius 2 is 1.79 bits per heavy atom. The lowest BCUT2D eigenvalue weighted by molar-refractivity contribution is 0.171. The molecule has 0 saturated carbocycles. The fourth-order valence-electron chi connectivity index (χ4n) is 1.77. The molecular formula is C12H13N5O2. The highest BCUT2D eigenvalue weighted by Crippen LogP contribution is 2.33. The summed E-state index contributed by atoms with van der Waals surface area (Å²) in [5, 5.41) is 3.15. The summed E-state index contributed by atoms with van der Waals surface area (Å²) in [6.45, 7) is 1.14. The van der Waals surface area contributed by atoms with Crippen LogP contribution in [0.1, 0.15) is 0 Å². The molecule has 3 rings (SSSR count). The fourth-order valence-corrected chi connectivity index (χ4v) is 1.77. The lowest BCUT2D eigenvalue weighted by Crippen LogP contribution is -2.15. The first-order chi connectivity index (χ1) is 9.35. The number of anilines is 3. The third kappa shape index (κ3) is 2.50. The van der Waals surface area contributed by atoms with Crippen molar-refractivity contribution in [1.29, 1.82) is 0 Å². The Kier molecular flexibility index (Phi) is 3.03. The van der Waals surface area contributed by atoms with Crippen molar-refractivity contribution in [3.63, 3.8) is 0 Å². The Balaban J connectivity index is 1.82. The van der Waals surface area contributed by atoms with Crippen LogP contribution in [0.15, 0.2) is 30.6 Å². The van der Waals surface area contributed by atoms with Gasteiger partial charge in [-0.3, -0.25) is 0 Å². The van der Waals surface area contributed by atoms with Gasteiger partial charge in [0.25, 0.3) is 0 Å². The molecule has 1 aliphatic heterocycles. The maximum absolute atomic E-state index is 5.52. The number of fused-ring (bicyclic) bond motifs is 1. The third-order valence-electron chi connectivity index (χ3n) is 2.63. The molecule has 1 aromatic heterocycles. The molecule has 7 nitrogen and oxygen atoms in total. The van der Waals surface area contributed by atoms with Crippen molar-refractivity contribution < 1.29 is 9.47 Å². The first-order valence-electron chi connectivity index (χ1n) is 5.80. The van der Waals surface area contributed by atoms with Gasteiger partial charge in [0.1, 0.15) is 31.2 Å². The van der Waals surface area contributed by atoms with Crippen LogP contribution < -0.4 is 26.1 Å². The minimum absolute atomic E-state index is 0.537. The average molecular weight is 259 g/mol. The Morgan fingerprint density at radius 1 is 1.00 bits per heavy atom. The number of hydrazine groups is 1. The zero-order valence-corrected chi connectivity index (χ0v) is 10.1. The summed E-state index contributed by atoms with van der Waals surface area (Å²) < 4.78 is 11.0. The minimum atomic E-state index is 0.537. The quantitative estimate of drug-likeness (QED) is 0.564. The number of rotatable bonds is 3. The zero-order chi connectivity index (χ0) is 13.1. The summed E-state index contributed by atoms with van der Waals surface area (Å²) in [6, 6.07) is 7.33. The first-order valence-corrected chi connectivity index (χ1v) is 5.80. The van der Waals surface area contributed by atoms with E-state index in [1.807, 2.05) is 18.2 Å². The molecule has 0 radical (unpaired) electrons. The molecule has 0 unspecified atom stereocenters. The Bertz CT molecular complexity index is 590. The van der Waals surface area contributed by atoms with Gasteiger partial charge in [0, 0.05) is 17.8 Å². The summed E-state index contributed by atoms with van der Waals surface area (Å²) in [7, 11) is 0. The SMILES string of the molecule is NNc1cc(Nc2ccc3c(c2)OCCO3)ncn1. The first kappa shape index (κ1) is 11.5. The summed E-state index contributed by atoms with van der Waals surface area (Å²) in [6.07, 6.45) is 1.43. The molecule has 0 atom stereocenters. The van der Waals surface area contributed by atoms with Crippen LogP contribution in [0, 0.1) is 0 Å². The van der Waals surface area contributed by atoms with Gasteiger partial charge < -0.3 is 20.2 Å². The van der Waals surface area contributed by atoms with Gasteiger partial charge in [0.05, 0.1) is 0 Å². The topological polar surface area (TPSA) is 94.3 Å². The molecule has 1 aliphatic rings. The van der Waals surface area contributed by atoms with Crippen LogP contribution in [-0.4, -0.2) is 23.2 Å². The van der Waals surface area contributed by atoms with E-state index in [0.717, 1.165) is 17.2 Å². The van der Waals surface area contributed by atoms with E-state index < -0.39 is 0 Å². The summed E-state index contributed by atoms with van der Waals surface area (Å²) in [4.78, 5) is 8.04. The van der Waals surface area contributed by atoms with Crippen molar-refractivity contribution in [1.82, 2.24) is 9.97 Å². The van der Waals surface area contributed by atoms with Crippen molar-refractivity contribution in [3.8, 4) is 11.5 Å². The molecule has 0 fully saturated rings. The Morgan fingerprint density at radius 3 is 2.63 bits per heavy atom. The van der Waals surface area contributed by atoms with Crippen LogP contribution in [0.5, 0.6) is 11.5 Å². The molecule has 2 heterocycles. The van der Waals surface area contributed by atoms with Gasteiger partial charge in [0.15, 0.2) is 11.5 Å². The van der Waals surface area contributed by atoms with Gasteiger partial charge in [0.2, 0.25) is 0 Å². The van der Waals surface area contributed by atoms with Gasteiger partial charge in [-0.1, -0.05) is 0 Å². The highest BCUT2D eigenvalue weighted by atomic mass is 16.6. The number of nitrogen functional groups attached to an aromatic ring is 1. The van der Waals surface area contributed by atoms with Crippen molar-refractivity contribution in [2.24, 2.45) is 5.84 Å². The largest absolute Gasteiger partial charge is 0.486 e. The third-order valence-corrected chi connectivity index (χ3v) is 2.63. The normalized spacial score (nSPS) is 12.9.